The molecule has 0 atom stereocenters. The number of halogens is 1. The fourth-order valence-electron chi connectivity index (χ4n) is 2.27. The van der Waals surface area contributed by atoms with E-state index < -0.39 is 0 Å². The highest BCUT2D eigenvalue weighted by atomic mass is 35.5. The van der Waals surface area contributed by atoms with Gasteiger partial charge in [-0.15, -0.1) is 0 Å². The smallest absolute Gasteiger partial charge is 0.261 e. The molecule has 0 bridgehead atoms. The number of carbonyl (C=O) groups is 1. The highest BCUT2D eigenvalue weighted by Crippen LogP contribution is 2.28. The van der Waals surface area contributed by atoms with Crippen LogP contribution in [0.1, 0.15) is 31.9 Å². The number of nitrogens with one attached hydrogen (secondary N) is 1. The second kappa shape index (κ2) is 9.99. The lowest BCUT2D eigenvalue weighted by Crippen LogP contribution is -2.42. The lowest BCUT2D eigenvalue weighted by atomic mass is 10.1. The van der Waals surface area contributed by atoms with Gasteiger partial charge in [0.25, 0.3) is 5.91 Å². The van der Waals surface area contributed by atoms with Gasteiger partial charge in [0.2, 0.25) is 0 Å². The number of amides is 1. The maximum Gasteiger partial charge on any atom is 0.261 e. The molecule has 0 aromatic heterocycles. The minimum atomic E-state index is -0.306. The van der Waals surface area contributed by atoms with Gasteiger partial charge in [-0.25, -0.2) is 0 Å². The van der Waals surface area contributed by atoms with Crippen LogP contribution in [0.2, 0.25) is 5.02 Å². The third-order valence-electron chi connectivity index (χ3n) is 3.48. The highest BCUT2D eigenvalue weighted by Gasteiger charge is 2.13. The van der Waals surface area contributed by atoms with Gasteiger partial charge in [0.1, 0.15) is 6.61 Å². The van der Waals surface area contributed by atoms with Gasteiger partial charge in [0.05, 0.1) is 13.3 Å². The molecule has 6 nitrogen and oxygen atoms in total. The third kappa shape index (κ3) is 7.48. The van der Waals surface area contributed by atoms with Crippen LogP contribution in [0, 0.1) is 0 Å². The van der Waals surface area contributed by atoms with Gasteiger partial charge in [-0.05, 0) is 56.7 Å². The topological polar surface area (TPSA) is 69.2 Å². The van der Waals surface area contributed by atoms with E-state index in [1.807, 2.05) is 51.1 Å². The molecular weight excluding hydrogens is 380 g/mol. The Morgan fingerprint density at radius 2 is 1.86 bits per heavy atom. The molecule has 0 spiro atoms. The number of rotatable bonds is 8. The molecule has 150 valence electrons. The molecule has 0 radical (unpaired) electrons. The molecule has 0 aliphatic heterocycles. The summed E-state index contributed by atoms with van der Waals surface area (Å²) in [5.41, 5.74) is 1.45. The van der Waals surface area contributed by atoms with Crippen molar-refractivity contribution in [3.8, 4) is 11.5 Å². The quantitative estimate of drug-likeness (QED) is 0.529. The Morgan fingerprint density at radius 1 is 1.14 bits per heavy atom. The zero-order chi connectivity index (χ0) is 20.6. The summed E-state index contributed by atoms with van der Waals surface area (Å²) >= 11 is 5.89. The van der Waals surface area contributed by atoms with Gasteiger partial charge < -0.3 is 19.6 Å². The molecule has 0 aliphatic rings. The molecule has 0 saturated carbocycles. The van der Waals surface area contributed by atoms with E-state index in [4.69, 9.17) is 25.9 Å². The van der Waals surface area contributed by atoms with Crippen molar-refractivity contribution in [1.82, 2.24) is 5.32 Å². The van der Waals surface area contributed by atoms with E-state index >= 15 is 0 Å². The minimum absolute atomic E-state index is 0.146. The molecule has 0 heterocycles. The molecule has 2 rings (SSSR count). The van der Waals surface area contributed by atoms with Crippen LogP contribution in [0.4, 0.5) is 0 Å². The number of benzene rings is 2. The summed E-state index contributed by atoms with van der Waals surface area (Å²) in [5.74, 6) is 0.955. The number of hydrogen-bond donors (Lipinski definition) is 1. The number of oxime groups is 1. The number of nitrogens with zero attached hydrogens (tertiary/aromatic N) is 1. The predicted molar refractivity (Wildman–Crippen MR) is 110 cm³/mol. The van der Waals surface area contributed by atoms with Crippen LogP contribution in [0.25, 0.3) is 0 Å². The fourth-order valence-corrected chi connectivity index (χ4v) is 2.40. The Kier molecular flexibility index (Phi) is 7.70. The first-order chi connectivity index (χ1) is 13.3. The molecule has 1 N–H and O–H groups in total. The van der Waals surface area contributed by atoms with Gasteiger partial charge >= 0.3 is 0 Å². The van der Waals surface area contributed by atoms with Gasteiger partial charge in [-0.2, -0.15) is 0 Å². The highest BCUT2D eigenvalue weighted by molar-refractivity contribution is 6.30. The minimum Gasteiger partial charge on any atom is -0.493 e. The van der Waals surface area contributed by atoms with Crippen molar-refractivity contribution >= 4 is 23.7 Å². The van der Waals surface area contributed by atoms with Gasteiger partial charge in [-0.1, -0.05) is 28.9 Å². The van der Waals surface area contributed by atoms with Crippen LogP contribution in [-0.4, -0.2) is 31.4 Å². The van der Waals surface area contributed by atoms with Crippen LogP contribution >= 0.6 is 11.6 Å². The Bertz CT molecular complexity index is 814. The first-order valence-corrected chi connectivity index (χ1v) is 9.16. The van der Waals surface area contributed by atoms with Crippen molar-refractivity contribution in [3.63, 3.8) is 0 Å². The van der Waals surface area contributed by atoms with Crippen LogP contribution in [0.15, 0.2) is 47.6 Å². The molecule has 0 saturated heterocycles. The summed E-state index contributed by atoms with van der Waals surface area (Å²) in [7, 11) is 1.57. The van der Waals surface area contributed by atoms with E-state index in [2.05, 4.69) is 10.5 Å². The normalized spacial score (nSPS) is 11.3. The van der Waals surface area contributed by atoms with Crippen LogP contribution in [-0.2, 0) is 16.2 Å². The number of methoxy groups -OCH3 is 1. The van der Waals surface area contributed by atoms with Crippen molar-refractivity contribution in [1.29, 1.82) is 0 Å². The van der Waals surface area contributed by atoms with Crippen LogP contribution in [0.3, 0.4) is 0 Å². The molecule has 7 heteroatoms. The van der Waals surface area contributed by atoms with Gasteiger partial charge in [0, 0.05) is 16.1 Å². The average Bonchev–Trinajstić information content (AvgIpc) is 2.63. The standard InChI is InChI=1S/C21H25ClN2O4/c1-21(2,3)24-20(25)14-28-23-12-16-7-10-18(19(11-16)26-4)27-13-15-5-8-17(22)9-6-15/h5-12H,13-14H2,1-4H3,(H,24,25)/b23-12+. The van der Waals surface area contributed by atoms with E-state index in [9.17, 15) is 4.79 Å². The number of ether oxygens (including phenoxy) is 2. The largest absolute Gasteiger partial charge is 0.493 e. The fraction of sp³-hybridized carbons (Fsp3) is 0.333. The van der Waals surface area contributed by atoms with Crippen molar-refractivity contribution < 1.29 is 19.1 Å². The molecule has 28 heavy (non-hydrogen) atoms. The van der Waals surface area contributed by atoms with E-state index in [0.29, 0.717) is 23.1 Å². The summed E-state index contributed by atoms with van der Waals surface area (Å²) < 4.78 is 11.2. The summed E-state index contributed by atoms with van der Waals surface area (Å²) in [6.45, 7) is 5.95. The lowest BCUT2D eigenvalue weighted by Gasteiger charge is -2.19. The summed E-state index contributed by atoms with van der Waals surface area (Å²) in [6.07, 6.45) is 1.51. The van der Waals surface area contributed by atoms with Crippen molar-refractivity contribution in [3.05, 3.63) is 58.6 Å². The van der Waals surface area contributed by atoms with Gasteiger partial charge in [-0.3, -0.25) is 4.79 Å². The molecule has 1 amide bonds. The Hall–Kier alpha value is -2.73. The van der Waals surface area contributed by atoms with Crippen molar-refractivity contribution in [2.75, 3.05) is 13.7 Å². The maximum absolute atomic E-state index is 11.7. The first-order valence-electron chi connectivity index (χ1n) is 8.78. The molecule has 0 fully saturated rings. The second-order valence-corrected chi connectivity index (χ2v) is 7.57. The molecule has 2 aromatic rings. The maximum atomic E-state index is 11.7. The average molecular weight is 405 g/mol. The first kappa shape index (κ1) is 21.6. The number of carbonyl (C=O) groups excluding carboxylic acids is 1. The van der Waals surface area contributed by atoms with E-state index in [1.165, 1.54) is 6.21 Å². The van der Waals surface area contributed by atoms with Crippen LogP contribution in [0.5, 0.6) is 11.5 Å². The molecule has 0 aliphatic carbocycles. The van der Waals surface area contributed by atoms with E-state index in [0.717, 1.165) is 11.1 Å². The van der Waals surface area contributed by atoms with Crippen molar-refractivity contribution in [2.24, 2.45) is 5.16 Å². The Balaban J connectivity index is 1.91. The summed E-state index contributed by atoms with van der Waals surface area (Å²) in [4.78, 5) is 16.7. The zero-order valence-electron chi connectivity index (χ0n) is 16.5. The Morgan fingerprint density at radius 3 is 2.50 bits per heavy atom. The van der Waals surface area contributed by atoms with Crippen molar-refractivity contribution in [2.45, 2.75) is 32.9 Å². The van der Waals surface area contributed by atoms with E-state index in [1.54, 1.807) is 19.2 Å². The lowest BCUT2D eigenvalue weighted by molar-refractivity contribution is -0.127. The zero-order valence-corrected chi connectivity index (χ0v) is 17.2. The number of hydrogen-bond acceptors (Lipinski definition) is 5. The molecular formula is C21H25ClN2O4. The van der Waals surface area contributed by atoms with Crippen LogP contribution < -0.4 is 14.8 Å². The third-order valence-corrected chi connectivity index (χ3v) is 3.73. The summed E-state index contributed by atoms with van der Waals surface area (Å²) in [6, 6.07) is 12.8. The molecule has 2 aromatic carbocycles. The SMILES string of the molecule is COc1cc(/C=N/OCC(=O)NC(C)(C)C)ccc1OCc1ccc(Cl)cc1. The second-order valence-electron chi connectivity index (χ2n) is 7.13. The molecule has 0 unspecified atom stereocenters. The summed E-state index contributed by atoms with van der Waals surface area (Å²) in [5, 5.41) is 7.30. The monoisotopic (exact) mass is 404 g/mol. The predicted octanol–water partition coefficient (Wildman–Crippen LogP) is 4.19. The van der Waals surface area contributed by atoms with E-state index in [-0.39, 0.29) is 18.1 Å². The Labute approximate surface area is 170 Å². The van der Waals surface area contributed by atoms with Gasteiger partial charge in [0.15, 0.2) is 18.1 Å².